The lowest BCUT2D eigenvalue weighted by molar-refractivity contribution is -0.0440. The Labute approximate surface area is 210 Å². The molecule has 5 rings (SSSR count). The molecule has 1 aliphatic carbocycles. The second kappa shape index (κ2) is 11.1. The van der Waals surface area contributed by atoms with E-state index in [-0.39, 0.29) is 6.29 Å². The van der Waals surface area contributed by atoms with Gasteiger partial charge in [-0.3, -0.25) is 4.98 Å². The standard InChI is InChI=1S/C27H30Cl2N2O3/c28-18-8-10-22-25(16-18)31-24-7-3-2-6-21(24)26(22)30-12-4-1-5-13-32-19-9-11-20(23(29)17-19)27-33-14-15-34-27/h8-11,16-17,27H,1-7,12-15H2,(H,30,31). The maximum atomic E-state index is 6.39. The number of nitrogens with one attached hydrogen (secondary N) is 1. The normalized spacial score (nSPS) is 16.1. The van der Waals surface area contributed by atoms with Gasteiger partial charge in [-0.2, -0.15) is 0 Å². The molecule has 1 N–H and O–H groups in total. The Balaban J connectivity index is 1.11. The third kappa shape index (κ3) is 5.44. The minimum atomic E-state index is -0.367. The van der Waals surface area contributed by atoms with E-state index in [1.54, 1.807) is 0 Å². The summed E-state index contributed by atoms with van der Waals surface area (Å²) in [7, 11) is 0. The monoisotopic (exact) mass is 500 g/mol. The molecule has 1 aliphatic heterocycles. The topological polar surface area (TPSA) is 52.6 Å². The number of fused-ring (bicyclic) bond motifs is 2. The number of hydrogen-bond acceptors (Lipinski definition) is 5. The number of unbranched alkanes of at least 4 members (excludes halogenated alkanes) is 2. The molecule has 34 heavy (non-hydrogen) atoms. The van der Waals surface area contributed by atoms with Crippen LogP contribution in [0.4, 0.5) is 5.69 Å². The molecule has 0 atom stereocenters. The van der Waals surface area contributed by atoms with Gasteiger partial charge in [0.15, 0.2) is 6.29 Å². The van der Waals surface area contributed by atoms with Crippen LogP contribution in [-0.4, -0.2) is 31.3 Å². The molecular weight excluding hydrogens is 471 g/mol. The maximum Gasteiger partial charge on any atom is 0.185 e. The van der Waals surface area contributed by atoms with Crippen LogP contribution < -0.4 is 10.1 Å². The Morgan fingerprint density at radius 1 is 0.971 bits per heavy atom. The number of benzene rings is 2. The summed E-state index contributed by atoms with van der Waals surface area (Å²) in [6.07, 6.45) is 7.36. The highest BCUT2D eigenvalue weighted by Gasteiger charge is 2.21. The Hall–Kier alpha value is -2.05. The molecule has 3 aromatic rings. The predicted molar refractivity (Wildman–Crippen MR) is 137 cm³/mol. The summed E-state index contributed by atoms with van der Waals surface area (Å²) in [5, 5.41) is 6.24. The lowest BCUT2D eigenvalue weighted by atomic mass is 9.92. The smallest absolute Gasteiger partial charge is 0.185 e. The molecule has 0 bridgehead atoms. The summed E-state index contributed by atoms with van der Waals surface area (Å²) < 4.78 is 17.0. The molecule has 1 saturated heterocycles. The SMILES string of the molecule is Clc1ccc2c(NCCCCCOc3ccc(C4OCCO4)c(Cl)c3)c3c(nc2c1)CCCC3. The first kappa shape index (κ1) is 23.7. The average molecular weight is 501 g/mol. The molecule has 0 amide bonds. The van der Waals surface area contributed by atoms with Crippen LogP contribution in [0.2, 0.25) is 10.0 Å². The Kier molecular flexibility index (Phi) is 7.75. The minimum Gasteiger partial charge on any atom is -0.494 e. The molecule has 2 aromatic carbocycles. The number of aryl methyl sites for hydroxylation is 1. The van der Waals surface area contributed by atoms with Gasteiger partial charge in [0.1, 0.15) is 5.75 Å². The van der Waals surface area contributed by atoms with Crippen molar-refractivity contribution in [2.45, 2.75) is 51.2 Å². The zero-order chi connectivity index (χ0) is 23.3. The van der Waals surface area contributed by atoms with Gasteiger partial charge in [-0.15, -0.1) is 0 Å². The molecule has 7 heteroatoms. The van der Waals surface area contributed by atoms with E-state index in [0.29, 0.717) is 24.8 Å². The van der Waals surface area contributed by atoms with Crippen LogP contribution in [0, 0.1) is 0 Å². The van der Waals surface area contributed by atoms with Crippen molar-refractivity contribution in [1.82, 2.24) is 4.98 Å². The highest BCUT2D eigenvalue weighted by Crippen LogP contribution is 2.35. The maximum absolute atomic E-state index is 6.39. The summed E-state index contributed by atoms with van der Waals surface area (Å²) in [5.74, 6) is 0.776. The van der Waals surface area contributed by atoms with Gasteiger partial charge in [0.2, 0.25) is 0 Å². The van der Waals surface area contributed by atoms with E-state index >= 15 is 0 Å². The minimum absolute atomic E-state index is 0.367. The Morgan fingerprint density at radius 2 is 1.82 bits per heavy atom. The van der Waals surface area contributed by atoms with Gasteiger partial charge in [0, 0.05) is 33.9 Å². The molecule has 0 spiro atoms. The van der Waals surface area contributed by atoms with Gasteiger partial charge in [0.05, 0.1) is 30.4 Å². The summed E-state index contributed by atoms with van der Waals surface area (Å²) in [4.78, 5) is 4.90. The van der Waals surface area contributed by atoms with Crippen LogP contribution in [0.1, 0.15) is 55.2 Å². The number of halogens is 2. The van der Waals surface area contributed by atoms with Gasteiger partial charge >= 0.3 is 0 Å². The van der Waals surface area contributed by atoms with Crippen molar-refractivity contribution >= 4 is 39.8 Å². The van der Waals surface area contributed by atoms with Crippen molar-refractivity contribution in [2.75, 3.05) is 31.7 Å². The second-order valence-corrected chi connectivity index (χ2v) is 9.72. The number of pyridine rings is 1. The molecular formula is C27H30Cl2N2O3. The first-order chi connectivity index (χ1) is 16.7. The predicted octanol–water partition coefficient (Wildman–Crippen LogP) is 7.13. The molecule has 1 aromatic heterocycles. The molecule has 0 radical (unpaired) electrons. The highest BCUT2D eigenvalue weighted by molar-refractivity contribution is 6.31. The molecule has 5 nitrogen and oxygen atoms in total. The summed E-state index contributed by atoms with van der Waals surface area (Å²) in [6.45, 7) is 2.79. The van der Waals surface area contributed by atoms with Crippen molar-refractivity contribution in [3.05, 3.63) is 63.3 Å². The molecule has 2 heterocycles. The second-order valence-electron chi connectivity index (χ2n) is 8.87. The van der Waals surface area contributed by atoms with E-state index in [0.717, 1.165) is 60.5 Å². The lowest BCUT2D eigenvalue weighted by Gasteiger charge is -2.22. The number of nitrogens with zero attached hydrogens (tertiary/aromatic N) is 1. The van der Waals surface area contributed by atoms with Gasteiger partial charge in [-0.05, 0) is 86.9 Å². The van der Waals surface area contributed by atoms with Crippen LogP contribution in [0.15, 0.2) is 36.4 Å². The van der Waals surface area contributed by atoms with Crippen LogP contribution in [0.25, 0.3) is 10.9 Å². The van der Waals surface area contributed by atoms with Crippen molar-refractivity contribution in [1.29, 1.82) is 0 Å². The molecule has 1 fully saturated rings. The van der Waals surface area contributed by atoms with E-state index in [9.17, 15) is 0 Å². The fourth-order valence-corrected chi connectivity index (χ4v) is 5.16. The fourth-order valence-electron chi connectivity index (χ4n) is 4.73. The number of ether oxygens (including phenoxy) is 3. The first-order valence-corrected chi connectivity index (χ1v) is 12.9. The van der Waals surface area contributed by atoms with E-state index in [2.05, 4.69) is 11.4 Å². The average Bonchev–Trinajstić information content (AvgIpc) is 3.37. The van der Waals surface area contributed by atoms with Crippen LogP contribution >= 0.6 is 23.2 Å². The van der Waals surface area contributed by atoms with E-state index in [1.165, 1.54) is 35.2 Å². The fraction of sp³-hybridized carbons (Fsp3) is 0.444. The first-order valence-electron chi connectivity index (χ1n) is 12.2. The quantitative estimate of drug-likeness (QED) is 0.316. The van der Waals surface area contributed by atoms with Gasteiger partial charge in [-0.1, -0.05) is 23.2 Å². The molecule has 0 saturated carbocycles. The van der Waals surface area contributed by atoms with Crippen LogP contribution in [0.3, 0.4) is 0 Å². The number of anilines is 1. The van der Waals surface area contributed by atoms with Crippen LogP contribution in [0.5, 0.6) is 5.75 Å². The van der Waals surface area contributed by atoms with E-state index in [4.69, 9.17) is 42.4 Å². The summed E-state index contributed by atoms with van der Waals surface area (Å²) in [5.41, 5.74) is 5.70. The largest absolute Gasteiger partial charge is 0.494 e. The number of aromatic nitrogens is 1. The third-order valence-electron chi connectivity index (χ3n) is 6.46. The molecule has 0 unspecified atom stereocenters. The number of hydrogen-bond donors (Lipinski definition) is 1. The van der Waals surface area contributed by atoms with Gasteiger partial charge in [-0.25, -0.2) is 0 Å². The van der Waals surface area contributed by atoms with Crippen LogP contribution in [-0.2, 0) is 22.3 Å². The van der Waals surface area contributed by atoms with Gasteiger partial charge in [0.25, 0.3) is 0 Å². The molecule has 180 valence electrons. The van der Waals surface area contributed by atoms with Crippen molar-refractivity contribution < 1.29 is 14.2 Å². The zero-order valence-corrected chi connectivity index (χ0v) is 20.8. The van der Waals surface area contributed by atoms with Gasteiger partial charge < -0.3 is 19.5 Å². The number of rotatable bonds is 9. The highest BCUT2D eigenvalue weighted by atomic mass is 35.5. The van der Waals surface area contributed by atoms with Crippen molar-refractivity contribution in [2.24, 2.45) is 0 Å². The lowest BCUT2D eigenvalue weighted by Crippen LogP contribution is -2.12. The zero-order valence-electron chi connectivity index (χ0n) is 19.2. The van der Waals surface area contributed by atoms with Crippen molar-refractivity contribution in [3.63, 3.8) is 0 Å². The summed E-state index contributed by atoms with van der Waals surface area (Å²) >= 11 is 12.6. The Morgan fingerprint density at radius 3 is 2.68 bits per heavy atom. The summed E-state index contributed by atoms with van der Waals surface area (Å²) in [6, 6.07) is 11.7. The third-order valence-corrected chi connectivity index (χ3v) is 7.03. The Bertz CT molecular complexity index is 1150. The van der Waals surface area contributed by atoms with E-state index in [1.807, 2.05) is 30.3 Å². The van der Waals surface area contributed by atoms with Crippen molar-refractivity contribution in [3.8, 4) is 5.75 Å². The molecule has 2 aliphatic rings. The van der Waals surface area contributed by atoms with E-state index < -0.39 is 0 Å².